The van der Waals surface area contributed by atoms with Crippen LogP contribution in [0.4, 0.5) is 0 Å². The van der Waals surface area contributed by atoms with Crippen molar-refractivity contribution >= 4 is 0 Å². The molecule has 0 aromatic heterocycles. The molecule has 4 N–H and O–H groups in total. The van der Waals surface area contributed by atoms with Crippen LogP contribution < -0.4 is 11.5 Å². The van der Waals surface area contributed by atoms with Gasteiger partial charge in [-0.25, -0.2) is 0 Å². The molecule has 4 heteroatoms. The standard InChI is InChI=1S/C12H28N4/c1-11-9-16(8-4-6-14)12(2)10-15(11)7-3-5-13/h11-12H,3-10,13-14H2,1-2H3/t11-,12+. The molecule has 96 valence electrons. The lowest BCUT2D eigenvalue weighted by Crippen LogP contribution is -2.56. The van der Waals surface area contributed by atoms with Crippen LogP contribution in [0.25, 0.3) is 0 Å². The van der Waals surface area contributed by atoms with E-state index in [1.54, 1.807) is 0 Å². The van der Waals surface area contributed by atoms with Crippen molar-refractivity contribution in [3.8, 4) is 0 Å². The predicted molar refractivity (Wildman–Crippen MR) is 69.4 cm³/mol. The minimum absolute atomic E-state index is 0.653. The molecular weight excluding hydrogens is 200 g/mol. The molecule has 0 bridgehead atoms. The Morgan fingerprint density at radius 1 is 0.875 bits per heavy atom. The minimum atomic E-state index is 0.653. The van der Waals surface area contributed by atoms with E-state index in [0.717, 1.165) is 39.0 Å². The third-order valence-electron chi connectivity index (χ3n) is 3.54. The molecule has 0 aliphatic carbocycles. The van der Waals surface area contributed by atoms with Gasteiger partial charge in [0, 0.05) is 25.2 Å². The topological polar surface area (TPSA) is 58.5 Å². The summed E-state index contributed by atoms with van der Waals surface area (Å²) in [5.41, 5.74) is 11.1. The highest BCUT2D eigenvalue weighted by Gasteiger charge is 2.27. The molecular formula is C12H28N4. The summed E-state index contributed by atoms with van der Waals surface area (Å²) in [7, 11) is 0. The summed E-state index contributed by atoms with van der Waals surface area (Å²) in [5.74, 6) is 0. The molecule has 1 saturated heterocycles. The number of piperazine rings is 1. The number of nitrogens with zero attached hydrogens (tertiary/aromatic N) is 2. The van der Waals surface area contributed by atoms with Gasteiger partial charge in [0.2, 0.25) is 0 Å². The second-order valence-corrected chi connectivity index (χ2v) is 4.97. The van der Waals surface area contributed by atoms with Gasteiger partial charge in [-0.3, -0.25) is 9.80 Å². The highest BCUT2D eigenvalue weighted by molar-refractivity contribution is 4.84. The summed E-state index contributed by atoms with van der Waals surface area (Å²) in [6, 6.07) is 1.31. The van der Waals surface area contributed by atoms with Crippen LogP contribution in [-0.2, 0) is 0 Å². The normalized spacial score (nSPS) is 28.5. The Bertz CT molecular complexity index is 166. The maximum Gasteiger partial charge on any atom is 0.0195 e. The van der Waals surface area contributed by atoms with Crippen LogP contribution in [0.3, 0.4) is 0 Å². The van der Waals surface area contributed by atoms with Gasteiger partial charge in [0.25, 0.3) is 0 Å². The molecule has 1 rings (SSSR count). The molecule has 0 spiro atoms. The van der Waals surface area contributed by atoms with E-state index in [2.05, 4.69) is 23.6 Å². The van der Waals surface area contributed by atoms with Crippen molar-refractivity contribution in [1.29, 1.82) is 0 Å². The Hall–Kier alpha value is -0.160. The van der Waals surface area contributed by atoms with Gasteiger partial charge in [-0.1, -0.05) is 0 Å². The van der Waals surface area contributed by atoms with E-state index in [9.17, 15) is 0 Å². The SMILES string of the molecule is C[C@@H]1CN(CCCN)[C@@H](C)CN1CCCN. The Morgan fingerprint density at radius 3 is 1.56 bits per heavy atom. The summed E-state index contributed by atoms with van der Waals surface area (Å²) in [5, 5.41) is 0. The molecule has 1 fully saturated rings. The fourth-order valence-electron chi connectivity index (χ4n) is 2.48. The molecule has 1 aliphatic heterocycles. The van der Waals surface area contributed by atoms with Crippen molar-refractivity contribution < 1.29 is 0 Å². The second-order valence-electron chi connectivity index (χ2n) is 4.97. The van der Waals surface area contributed by atoms with Crippen LogP contribution in [0.1, 0.15) is 26.7 Å². The maximum atomic E-state index is 5.57. The molecule has 4 nitrogen and oxygen atoms in total. The molecule has 0 radical (unpaired) electrons. The minimum Gasteiger partial charge on any atom is -0.330 e. The van der Waals surface area contributed by atoms with Gasteiger partial charge in [0.05, 0.1) is 0 Å². The highest BCUT2D eigenvalue weighted by Crippen LogP contribution is 2.15. The first-order chi connectivity index (χ1) is 7.69. The summed E-state index contributed by atoms with van der Waals surface area (Å²) in [6.07, 6.45) is 2.22. The van der Waals surface area contributed by atoms with E-state index in [0.29, 0.717) is 12.1 Å². The van der Waals surface area contributed by atoms with E-state index in [1.165, 1.54) is 13.1 Å². The first kappa shape index (κ1) is 13.9. The Labute approximate surface area is 99.9 Å². The highest BCUT2D eigenvalue weighted by atomic mass is 15.3. The van der Waals surface area contributed by atoms with Gasteiger partial charge >= 0.3 is 0 Å². The molecule has 0 aromatic carbocycles. The van der Waals surface area contributed by atoms with Gasteiger partial charge in [-0.15, -0.1) is 0 Å². The molecule has 0 saturated carbocycles. The first-order valence-corrected chi connectivity index (χ1v) is 6.57. The monoisotopic (exact) mass is 228 g/mol. The van der Waals surface area contributed by atoms with E-state index >= 15 is 0 Å². The number of hydrogen-bond donors (Lipinski definition) is 2. The zero-order chi connectivity index (χ0) is 12.0. The van der Waals surface area contributed by atoms with Crippen LogP contribution in [0.5, 0.6) is 0 Å². The lowest BCUT2D eigenvalue weighted by atomic mass is 10.1. The summed E-state index contributed by atoms with van der Waals surface area (Å²) in [6.45, 7) is 10.9. The van der Waals surface area contributed by atoms with Crippen LogP contribution in [0.2, 0.25) is 0 Å². The van der Waals surface area contributed by atoms with Crippen molar-refractivity contribution in [2.24, 2.45) is 11.5 Å². The molecule has 1 aliphatic rings. The predicted octanol–water partition coefficient (Wildman–Crippen LogP) is 0.0786. The van der Waals surface area contributed by atoms with Gasteiger partial charge in [-0.05, 0) is 52.9 Å². The van der Waals surface area contributed by atoms with Crippen molar-refractivity contribution in [2.75, 3.05) is 39.3 Å². The van der Waals surface area contributed by atoms with Crippen LogP contribution in [0, 0.1) is 0 Å². The fourth-order valence-corrected chi connectivity index (χ4v) is 2.48. The fraction of sp³-hybridized carbons (Fsp3) is 1.00. The molecule has 0 aromatic rings. The lowest BCUT2D eigenvalue weighted by Gasteiger charge is -2.44. The maximum absolute atomic E-state index is 5.57. The largest absolute Gasteiger partial charge is 0.330 e. The Kier molecular flexibility index (Phi) is 6.28. The number of nitrogens with two attached hydrogens (primary N) is 2. The van der Waals surface area contributed by atoms with Gasteiger partial charge < -0.3 is 11.5 Å². The third kappa shape index (κ3) is 4.01. The molecule has 16 heavy (non-hydrogen) atoms. The van der Waals surface area contributed by atoms with Gasteiger partial charge in [0.1, 0.15) is 0 Å². The van der Waals surface area contributed by atoms with E-state index in [1.807, 2.05) is 0 Å². The average molecular weight is 228 g/mol. The Balaban J connectivity index is 2.36. The quantitative estimate of drug-likeness (QED) is 0.676. The lowest BCUT2D eigenvalue weighted by molar-refractivity contribution is 0.0423. The van der Waals surface area contributed by atoms with E-state index < -0.39 is 0 Å². The zero-order valence-corrected chi connectivity index (χ0v) is 10.9. The number of hydrogen-bond acceptors (Lipinski definition) is 4. The summed E-state index contributed by atoms with van der Waals surface area (Å²) in [4.78, 5) is 5.13. The van der Waals surface area contributed by atoms with Crippen LogP contribution in [0.15, 0.2) is 0 Å². The van der Waals surface area contributed by atoms with Gasteiger partial charge in [0.15, 0.2) is 0 Å². The molecule has 1 heterocycles. The van der Waals surface area contributed by atoms with E-state index in [4.69, 9.17) is 11.5 Å². The molecule has 2 atom stereocenters. The second kappa shape index (κ2) is 7.22. The van der Waals surface area contributed by atoms with Crippen molar-refractivity contribution in [1.82, 2.24) is 9.80 Å². The van der Waals surface area contributed by atoms with Gasteiger partial charge in [-0.2, -0.15) is 0 Å². The Morgan fingerprint density at radius 2 is 1.25 bits per heavy atom. The van der Waals surface area contributed by atoms with Crippen LogP contribution in [-0.4, -0.2) is 61.2 Å². The van der Waals surface area contributed by atoms with Crippen molar-refractivity contribution in [3.63, 3.8) is 0 Å². The van der Waals surface area contributed by atoms with Crippen molar-refractivity contribution in [3.05, 3.63) is 0 Å². The summed E-state index contributed by atoms with van der Waals surface area (Å²) < 4.78 is 0. The molecule has 0 amide bonds. The third-order valence-corrected chi connectivity index (χ3v) is 3.54. The van der Waals surface area contributed by atoms with Crippen molar-refractivity contribution in [2.45, 2.75) is 38.8 Å². The number of rotatable bonds is 6. The summed E-state index contributed by atoms with van der Waals surface area (Å²) >= 11 is 0. The first-order valence-electron chi connectivity index (χ1n) is 6.57. The average Bonchev–Trinajstić information content (AvgIpc) is 2.28. The smallest absolute Gasteiger partial charge is 0.0195 e. The van der Waals surface area contributed by atoms with Crippen LogP contribution >= 0.6 is 0 Å². The zero-order valence-electron chi connectivity index (χ0n) is 10.9. The van der Waals surface area contributed by atoms with E-state index in [-0.39, 0.29) is 0 Å². The molecule has 0 unspecified atom stereocenters.